The summed E-state index contributed by atoms with van der Waals surface area (Å²) in [7, 11) is 0. The standard InChI is InChI=1S/C15H32N2/c1-3-16-13-9-5-6-10-14-17(4-2)15-11-7-8-12-15/h15-16H,3-14H2,1-2H3. The minimum atomic E-state index is 0.918. The second-order valence-electron chi connectivity index (χ2n) is 5.33. The fraction of sp³-hybridized carbons (Fsp3) is 1.00. The SMILES string of the molecule is CCNCCCCCCN(CC)C1CCCC1. The molecule has 1 N–H and O–H groups in total. The number of hydrogen-bond donors (Lipinski definition) is 1. The molecule has 0 aliphatic heterocycles. The van der Waals surface area contributed by atoms with Gasteiger partial charge in [0.15, 0.2) is 0 Å². The van der Waals surface area contributed by atoms with Gasteiger partial charge in [0.25, 0.3) is 0 Å². The van der Waals surface area contributed by atoms with Crippen LogP contribution in [0.2, 0.25) is 0 Å². The van der Waals surface area contributed by atoms with E-state index in [1.54, 1.807) is 0 Å². The third-order valence-corrected chi connectivity index (χ3v) is 4.05. The molecule has 0 spiro atoms. The van der Waals surface area contributed by atoms with Gasteiger partial charge in [0.05, 0.1) is 0 Å². The molecule has 0 saturated heterocycles. The Morgan fingerprint density at radius 1 is 1.00 bits per heavy atom. The van der Waals surface area contributed by atoms with E-state index in [4.69, 9.17) is 0 Å². The topological polar surface area (TPSA) is 15.3 Å². The highest BCUT2D eigenvalue weighted by Gasteiger charge is 2.20. The molecule has 0 amide bonds. The molecular weight excluding hydrogens is 208 g/mol. The van der Waals surface area contributed by atoms with Gasteiger partial charge in [0.1, 0.15) is 0 Å². The van der Waals surface area contributed by atoms with Gasteiger partial charge in [0.2, 0.25) is 0 Å². The van der Waals surface area contributed by atoms with E-state index in [1.807, 2.05) is 0 Å². The first kappa shape index (κ1) is 15.0. The molecule has 0 heterocycles. The van der Waals surface area contributed by atoms with Crippen LogP contribution in [0.3, 0.4) is 0 Å². The van der Waals surface area contributed by atoms with Crippen LogP contribution < -0.4 is 5.32 Å². The first-order valence-corrected chi connectivity index (χ1v) is 7.83. The minimum absolute atomic E-state index is 0.918. The Bertz CT molecular complexity index is 164. The van der Waals surface area contributed by atoms with E-state index in [1.165, 1.54) is 71.0 Å². The molecule has 1 aliphatic carbocycles. The lowest BCUT2D eigenvalue weighted by Crippen LogP contribution is -2.33. The van der Waals surface area contributed by atoms with E-state index in [0.29, 0.717) is 0 Å². The van der Waals surface area contributed by atoms with Crippen molar-refractivity contribution >= 4 is 0 Å². The Labute approximate surface area is 108 Å². The number of hydrogen-bond acceptors (Lipinski definition) is 2. The van der Waals surface area contributed by atoms with Crippen molar-refractivity contribution in [3.63, 3.8) is 0 Å². The van der Waals surface area contributed by atoms with Crippen LogP contribution in [0.25, 0.3) is 0 Å². The van der Waals surface area contributed by atoms with Crippen molar-refractivity contribution in [2.75, 3.05) is 26.2 Å². The molecule has 1 fully saturated rings. The van der Waals surface area contributed by atoms with E-state index in [-0.39, 0.29) is 0 Å². The zero-order valence-corrected chi connectivity index (χ0v) is 12.0. The molecule has 102 valence electrons. The van der Waals surface area contributed by atoms with E-state index < -0.39 is 0 Å². The van der Waals surface area contributed by atoms with Crippen molar-refractivity contribution in [3.8, 4) is 0 Å². The quantitative estimate of drug-likeness (QED) is 0.589. The molecule has 2 heteroatoms. The Morgan fingerprint density at radius 3 is 2.35 bits per heavy atom. The first-order valence-electron chi connectivity index (χ1n) is 7.83. The first-order chi connectivity index (χ1) is 8.38. The predicted octanol–water partition coefficient (Wildman–Crippen LogP) is 3.42. The smallest absolute Gasteiger partial charge is 0.00951 e. The summed E-state index contributed by atoms with van der Waals surface area (Å²) in [5.74, 6) is 0. The summed E-state index contributed by atoms with van der Waals surface area (Å²) in [6.07, 6.45) is 11.4. The number of nitrogens with zero attached hydrogens (tertiary/aromatic N) is 1. The van der Waals surface area contributed by atoms with Crippen LogP contribution in [0.5, 0.6) is 0 Å². The molecular formula is C15H32N2. The lowest BCUT2D eigenvalue weighted by molar-refractivity contribution is 0.204. The van der Waals surface area contributed by atoms with Crippen molar-refractivity contribution in [3.05, 3.63) is 0 Å². The fourth-order valence-electron chi connectivity index (χ4n) is 2.96. The Kier molecular flexibility index (Phi) is 8.72. The van der Waals surface area contributed by atoms with Gasteiger partial charge in [-0.05, 0) is 51.9 Å². The van der Waals surface area contributed by atoms with Gasteiger partial charge in [-0.1, -0.05) is 39.5 Å². The third kappa shape index (κ3) is 6.42. The molecule has 1 aliphatic rings. The average molecular weight is 240 g/mol. The Balaban J connectivity index is 1.96. The predicted molar refractivity (Wildman–Crippen MR) is 76.5 cm³/mol. The molecule has 0 bridgehead atoms. The van der Waals surface area contributed by atoms with E-state index in [9.17, 15) is 0 Å². The van der Waals surface area contributed by atoms with Crippen LogP contribution in [0.1, 0.15) is 65.2 Å². The van der Waals surface area contributed by atoms with Crippen LogP contribution in [0, 0.1) is 0 Å². The highest BCUT2D eigenvalue weighted by molar-refractivity contribution is 4.76. The van der Waals surface area contributed by atoms with Crippen LogP contribution in [0.15, 0.2) is 0 Å². The molecule has 1 saturated carbocycles. The van der Waals surface area contributed by atoms with Crippen molar-refractivity contribution in [1.82, 2.24) is 10.2 Å². The molecule has 0 aromatic rings. The van der Waals surface area contributed by atoms with Crippen LogP contribution in [-0.4, -0.2) is 37.1 Å². The van der Waals surface area contributed by atoms with Crippen molar-refractivity contribution < 1.29 is 0 Å². The molecule has 0 radical (unpaired) electrons. The van der Waals surface area contributed by atoms with E-state index in [0.717, 1.165) is 12.6 Å². The van der Waals surface area contributed by atoms with Gasteiger partial charge in [-0.2, -0.15) is 0 Å². The zero-order valence-electron chi connectivity index (χ0n) is 12.0. The van der Waals surface area contributed by atoms with Gasteiger partial charge in [-0.25, -0.2) is 0 Å². The number of nitrogens with one attached hydrogen (secondary N) is 1. The monoisotopic (exact) mass is 240 g/mol. The summed E-state index contributed by atoms with van der Waals surface area (Å²) in [4.78, 5) is 2.72. The van der Waals surface area contributed by atoms with Gasteiger partial charge < -0.3 is 10.2 Å². The summed E-state index contributed by atoms with van der Waals surface area (Å²) in [6, 6.07) is 0.918. The lowest BCUT2D eigenvalue weighted by Gasteiger charge is -2.27. The summed E-state index contributed by atoms with van der Waals surface area (Å²) in [6.45, 7) is 9.41. The second-order valence-corrected chi connectivity index (χ2v) is 5.33. The second kappa shape index (κ2) is 9.90. The Hall–Kier alpha value is -0.0800. The highest BCUT2D eigenvalue weighted by atomic mass is 15.1. The highest BCUT2D eigenvalue weighted by Crippen LogP contribution is 2.23. The third-order valence-electron chi connectivity index (χ3n) is 4.05. The van der Waals surface area contributed by atoms with Crippen LogP contribution in [-0.2, 0) is 0 Å². The molecule has 0 aromatic carbocycles. The summed E-state index contributed by atoms with van der Waals surface area (Å²) >= 11 is 0. The van der Waals surface area contributed by atoms with Crippen LogP contribution >= 0.6 is 0 Å². The molecule has 0 unspecified atom stereocenters. The summed E-state index contributed by atoms with van der Waals surface area (Å²) in [5, 5.41) is 3.39. The van der Waals surface area contributed by atoms with Gasteiger partial charge >= 0.3 is 0 Å². The maximum absolute atomic E-state index is 3.39. The normalized spacial score (nSPS) is 17.1. The van der Waals surface area contributed by atoms with Gasteiger partial charge in [-0.3, -0.25) is 0 Å². The van der Waals surface area contributed by atoms with Crippen molar-refractivity contribution in [2.24, 2.45) is 0 Å². The van der Waals surface area contributed by atoms with Crippen molar-refractivity contribution in [1.29, 1.82) is 0 Å². The molecule has 0 atom stereocenters. The number of rotatable bonds is 10. The zero-order chi connectivity index (χ0) is 12.3. The Morgan fingerprint density at radius 2 is 1.71 bits per heavy atom. The molecule has 0 aromatic heterocycles. The maximum atomic E-state index is 3.39. The largest absolute Gasteiger partial charge is 0.317 e. The summed E-state index contributed by atoms with van der Waals surface area (Å²) < 4.78 is 0. The van der Waals surface area contributed by atoms with E-state index >= 15 is 0 Å². The molecule has 1 rings (SSSR count). The van der Waals surface area contributed by atoms with Crippen molar-refractivity contribution in [2.45, 2.75) is 71.3 Å². The van der Waals surface area contributed by atoms with Gasteiger partial charge in [-0.15, -0.1) is 0 Å². The molecule has 2 nitrogen and oxygen atoms in total. The number of unbranched alkanes of at least 4 members (excludes halogenated alkanes) is 3. The van der Waals surface area contributed by atoms with Gasteiger partial charge in [0, 0.05) is 6.04 Å². The summed E-state index contributed by atoms with van der Waals surface area (Å²) in [5.41, 5.74) is 0. The minimum Gasteiger partial charge on any atom is -0.317 e. The molecule has 17 heavy (non-hydrogen) atoms. The van der Waals surface area contributed by atoms with E-state index in [2.05, 4.69) is 24.1 Å². The average Bonchev–Trinajstić information content (AvgIpc) is 2.86. The maximum Gasteiger partial charge on any atom is 0.00951 e. The fourth-order valence-corrected chi connectivity index (χ4v) is 2.96. The lowest BCUT2D eigenvalue weighted by atomic mass is 10.1. The van der Waals surface area contributed by atoms with Crippen LogP contribution in [0.4, 0.5) is 0 Å².